The topological polar surface area (TPSA) is 38.5 Å². The molecule has 0 aromatic rings. The Morgan fingerprint density at radius 3 is 2.59 bits per heavy atom. The van der Waals surface area contributed by atoms with Crippen molar-refractivity contribution in [2.24, 2.45) is 5.73 Å². The Morgan fingerprint density at radius 1 is 1.35 bits per heavy atom. The highest BCUT2D eigenvalue weighted by Crippen LogP contribution is 2.22. The van der Waals surface area contributed by atoms with Gasteiger partial charge in [-0.1, -0.05) is 13.8 Å². The zero-order valence-corrected chi connectivity index (χ0v) is 11.9. The van der Waals surface area contributed by atoms with Gasteiger partial charge in [0, 0.05) is 25.2 Å². The highest BCUT2D eigenvalue weighted by atomic mass is 16.5. The standard InChI is InChI=1S/C14H30N2O/c1-4-9-16(14(3,5-2)12-15)11-13-8-6-7-10-17-13/h13H,4-12,15H2,1-3H3. The van der Waals surface area contributed by atoms with E-state index < -0.39 is 0 Å². The summed E-state index contributed by atoms with van der Waals surface area (Å²) >= 11 is 0. The molecule has 1 aliphatic heterocycles. The molecule has 17 heavy (non-hydrogen) atoms. The van der Waals surface area contributed by atoms with E-state index in [1.54, 1.807) is 0 Å². The van der Waals surface area contributed by atoms with Gasteiger partial charge in [-0.05, 0) is 45.6 Å². The summed E-state index contributed by atoms with van der Waals surface area (Å²) in [5.74, 6) is 0. The van der Waals surface area contributed by atoms with Crippen LogP contribution in [0.1, 0.15) is 52.9 Å². The van der Waals surface area contributed by atoms with Crippen LogP contribution in [0.5, 0.6) is 0 Å². The van der Waals surface area contributed by atoms with Crippen LogP contribution in [-0.2, 0) is 4.74 Å². The van der Waals surface area contributed by atoms with Gasteiger partial charge in [-0.2, -0.15) is 0 Å². The van der Waals surface area contributed by atoms with Gasteiger partial charge in [0.05, 0.1) is 6.10 Å². The van der Waals surface area contributed by atoms with Gasteiger partial charge in [-0.15, -0.1) is 0 Å². The average molecular weight is 242 g/mol. The fourth-order valence-corrected chi connectivity index (χ4v) is 2.55. The first kappa shape index (κ1) is 14.9. The highest BCUT2D eigenvalue weighted by Gasteiger charge is 2.30. The number of rotatable bonds is 7. The van der Waals surface area contributed by atoms with Crippen LogP contribution in [0, 0.1) is 0 Å². The fourth-order valence-electron chi connectivity index (χ4n) is 2.55. The summed E-state index contributed by atoms with van der Waals surface area (Å²) in [4.78, 5) is 2.54. The van der Waals surface area contributed by atoms with E-state index in [4.69, 9.17) is 10.5 Å². The zero-order valence-electron chi connectivity index (χ0n) is 11.9. The van der Waals surface area contributed by atoms with Crippen LogP contribution in [-0.4, -0.2) is 42.8 Å². The average Bonchev–Trinajstić information content (AvgIpc) is 2.38. The van der Waals surface area contributed by atoms with E-state index in [0.29, 0.717) is 6.10 Å². The molecule has 0 saturated carbocycles. The molecule has 0 radical (unpaired) electrons. The van der Waals surface area contributed by atoms with Crippen molar-refractivity contribution < 1.29 is 4.74 Å². The van der Waals surface area contributed by atoms with Crippen LogP contribution in [0.25, 0.3) is 0 Å². The van der Waals surface area contributed by atoms with Gasteiger partial charge in [-0.3, -0.25) is 4.90 Å². The van der Waals surface area contributed by atoms with E-state index in [0.717, 1.165) is 32.7 Å². The molecule has 0 amide bonds. The summed E-state index contributed by atoms with van der Waals surface area (Å²) in [5, 5.41) is 0. The summed E-state index contributed by atoms with van der Waals surface area (Å²) in [6.45, 7) is 10.6. The van der Waals surface area contributed by atoms with E-state index in [-0.39, 0.29) is 5.54 Å². The molecular weight excluding hydrogens is 212 g/mol. The molecule has 3 heteroatoms. The fraction of sp³-hybridized carbons (Fsp3) is 1.00. The van der Waals surface area contributed by atoms with Gasteiger partial charge in [-0.25, -0.2) is 0 Å². The smallest absolute Gasteiger partial charge is 0.0702 e. The Labute approximate surface area is 107 Å². The number of hydrogen-bond donors (Lipinski definition) is 1. The SMILES string of the molecule is CCCN(CC1CCCCO1)C(C)(CC)CN. The van der Waals surface area contributed by atoms with Crippen LogP contribution >= 0.6 is 0 Å². The van der Waals surface area contributed by atoms with E-state index in [2.05, 4.69) is 25.7 Å². The molecule has 0 aliphatic carbocycles. The Kier molecular flexibility index (Phi) is 6.45. The monoisotopic (exact) mass is 242 g/mol. The van der Waals surface area contributed by atoms with Crippen molar-refractivity contribution in [2.75, 3.05) is 26.2 Å². The molecule has 2 N–H and O–H groups in total. The lowest BCUT2D eigenvalue weighted by molar-refractivity contribution is -0.0285. The summed E-state index contributed by atoms with van der Waals surface area (Å²) in [7, 11) is 0. The van der Waals surface area contributed by atoms with Crippen LogP contribution in [0.2, 0.25) is 0 Å². The van der Waals surface area contributed by atoms with E-state index in [9.17, 15) is 0 Å². The van der Waals surface area contributed by atoms with Crippen LogP contribution in [0.3, 0.4) is 0 Å². The van der Waals surface area contributed by atoms with Crippen molar-refractivity contribution in [3.05, 3.63) is 0 Å². The minimum absolute atomic E-state index is 0.136. The van der Waals surface area contributed by atoms with E-state index in [1.807, 2.05) is 0 Å². The molecule has 1 heterocycles. The van der Waals surface area contributed by atoms with Gasteiger partial charge < -0.3 is 10.5 Å². The second-order valence-corrected chi connectivity index (χ2v) is 5.49. The maximum atomic E-state index is 5.97. The third-order valence-corrected chi connectivity index (χ3v) is 4.16. The lowest BCUT2D eigenvalue weighted by Crippen LogP contribution is -2.54. The number of ether oxygens (including phenoxy) is 1. The zero-order chi connectivity index (χ0) is 12.7. The quantitative estimate of drug-likeness (QED) is 0.745. The molecule has 1 aliphatic rings. The first-order valence-electron chi connectivity index (χ1n) is 7.23. The number of nitrogens with zero attached hydrogens (tertiary/aromatic N) is 1. The molecule has 1 saturated heterocycles. The van der Waals surface area contributed by atoms with Gasteiger partial charge >= 0.3 is 0 Å². The normalized spacial score (nSPS) is 24.9. The van der Waals surface area contributed by atoms with Crippen molar-refractivity contribution >= 4 is 0 Å². The van der Waals surface area contributed by atoms with Crippen molar-refractivity contribution in [3.8, 4) is 0 Å². The first-order chi connectivity index (χ1) is 8.16. The van der Waals surface area contributed by atoms with Crippen LogP contribution in [0.15, 0.2) is 0 Å². The number of hydrogen-bond acceptors (Lipinski definition) is 3. The third kappa shape index (κ3) is 4.23. The second kappa shape index (κ2) is 7.34. The Bertz CT molecular complexity index is 198. The summed E-state index contributed by atoms with van der Waals surface area (Å²) in [6.07, 6.45) is 6.47. The molecule has 2 atom stereocenters. The minimum Gasteiger partial charge on any atom is -0.377 e. The maximum Gasteiger partial charge on any atom is 0.0702 e. The Hall–Kier alpha value is -0.120. The maximum absolute atomic E-state index is 5.97. The van der Waals surface area contributed by atoms with Crippen molar-refractivity contribution in [1.82, 2.24) is 4.90 Å². The van der Waals surface area contributed by atoms with Gasteiger partial charge in [0.25, 0.3) is 0 Å². The molecule has 1 rings (SSSR count). The van der Waals surface area contributed by atoms with E-state index >= 15 is 0 Å². The third-order valence-electron chi connectivity index (χ3n) is 4.16. The minimum atomic E-state index is 0.136. The van der Waals surface area contributed by atoms with Gasteiger partial charge in [0.2, 0.25) is 0 Å². The number of nitrogens with two attached hydrogens (primary N) is 1. The van der Waals surface area contributed by atoms with Crippen LogP contribution in [0.4, 0.5) is 0 Å². The van der Waals surface area contributed by atoms with Crippen LogP contribution < -0.4 is 5.73 Å². The molecule has 2 unspecified atom stereocenters. The highest BCUT2D eigenvalue weighted by molar-refractivity contribution is 4.87. The van der Waals surface area contributed by atoms with Gasteiger partial charge in [0.15, 0.2) is 0 Å². The molecule has 102 valence electrons. The molecule has 0 bridgehead atoms. The summed E-state index contributed by atoms with van der Waals surface area (Å²) in [6, 6.07) is 0. The summed E-state index contributed by atoms with van der Waals surface area (Å²) in [5.41, 5.74) is 6.11. The summed E-state index contributed by atoms with van der Waals surface area (Å²) < 4.78 is 5.86. The Morgan fingerprint density at radius 2 is 2.12 bits per heavy atom. The lowest BCUT2D eigenvalue weighted by Gasteiger charge is -2.42. The van der Waals surface area contributed by atoms with Crippen molar-refractivity contribution in [2.45, 2.75) is 64.5 Å². The largest absolute Gasteiger partial charge is 0.377 e. The van der Waals surface area contributed by atoms with Crippen molar-refractivity contribution in [1.29, 1.82) is 0 Å². The second-order valence-electron chi connectivity index (χ2n) is 5.49. The lowest BCUT2D eigenvalue weighted by atomic mass is 9.95. The van der Waals surface area contributed by atoms with E-state index in [1.165, 1.54) is 25.7 Å². The van der Waals surface area contributed by atoms with Crippen molar-refractivity contribution in [3.63, 3.8) is 0 Å². The molecule has 3 nitrogen and oxygen atoms in total. The molecule has 0 aromatic carbocycles. The molecule has 0 spiro atoms. The molecule has 1 fully saturated rings. The first-order valence-corrected chi connectivity index (χ1v) is 7.23. The predicted molar refractivity (Wildman–Crippen MR) is 73.2 cm³/mol. The molecular formula is C14H30N2O. The molecule has 0 aromatic heterocycles. The van der Waals surface area contributed by atoms with Gasteiger partial charge in [0.1, 0.15) is 0 Å². The predicted octanol–water partition coefficient (Wildman–Crippen LogP) is 2.39. The Balaban J connectivity index is 2.57.